The van der Waals surface area contributed by atoms with E-state index >= 15 is 0 Å². The molecular formula is C8H9BrN6O. The van der Waals surface area contributed by atoms with Gasteiger partial charge in [0, 0.05) is 12.4 Å². The minimum Gasteiger partial charge on any atom is -0.289 e. The fourth-order valence-electron chi connectivity index (χ4n) is 1.20. The Labute approximate surface area is 99.3 Å². The van der Waals surface area contributed by atoms with Gasteiger partial charge < -0.3 is 0 Å². The zero-order chi connectivity index (χ0) is 11.5. The number of nitrogens with zero attached hydrogens (tertiary/aromatic N) is 4. The van der Waals surface area contributed by atoms with E-state index in [1.54, 1.807) is 27.8 Å². The van der Waals surface area contributed by atoms with Crippen molar-refractivity contribution in [1.29, 1.82) is 0 Å². The standard InChI is InChI=1S/C8H9BrN6O/c9-6-3-11-15(4-6)5-14-2-1-7(13-14)8(16)12-10/h1-4H,5,10H2,(H,12,16). The van der Waals surface area contributed by atoms with Crippen LogP contribution in [0.25, 0.3) is 0 Å². The summed E-state index contributed by atoms with van der Waals surface area (Å²) in [7, 11) is 0. The number of halogens is 1. The first-order chi connectivity index (χ1) is 7.69. The average molecular weight is 285 g/mol. The van der Waals surface area contributed by atoms with Crippen molar-refractivity contribution < 1.29 is 4.79 Å². The van der Waals surface area contributed by atoms with E-state index in [2.05, 4.69) is 26.1 Å². The van der Waals surface area contributed by atoms with Crippen LogP contribution in [-0.2, 0) is 6.67 Å². The molecule has 8 heteroatoms. The molecule has 16 heavy (non-hydrogen) atoms. The molecule has 0 fully saturated rings. The second kappa shape index (κ2) is 4.45. The molecule has 0 saturated heterocycles. The normalized spacial score (nSPS) is 10.4. The second-order valence-electron chi connectivity index (χ2n) is 3.05. The van der Waals surface area contributed by atoms with E-state index in [0.29, 0.717) is 6.67 Å². The van der Waals surface area contributed by atoms with Crippen LogP contribution < -0.4 is 11.3 Å². The Bertz CT molecular complexity index is 504. The molecule has 2 aromatic heterocycles. The van der Waals surface area contributed by atoms with Crippen molar-refractivity contribution in [2.24, 2.45) is 5.84 Å². The van der Waals surface area contributed by atoms with Crippen LogP contribution in [0.15, 0.2) is 29.1 Å². The molecule has 0 bridgehead atoms. The first-order valence-electron chi connectivity index (χ1n) is 4.41. The number of hydrazine groups is 1. The van der Waals surface area contributed by atoms with Crippen molar-refractivity contribution in [2.75, 3.05) is 0 Å². The molecule has 0 atom stereocenters. The molecule has 7 nitrogen and oxygen atoms in total. The lowest BCUT2D eigenvalue weighted by molar-refractivity contribution is 0.0947. The van der Waals surface area contributed by atoms with Crippen molar-refractivity contribution in [2.45, 2.75) is 6.67 Å². The quantitative estimate of drug-likeness (QED) is 0.470. The van der Waals surface area contributed by atoms with Crippen molar-refractivity contribution in [3.05, 3.63) is 34.8 Å². The number of amides is 1. The van der Waals surface area contributed by atoms with Gasteiger partial charge in [-0.3, -0.25) is 14.9 Å². The molecule has 0 aromatic carbocycles. The van der Waals surface area contributed by atoms with Gasteiger partial charge in [0.15, 0.2) is 5.69 Å². The van der Waals surface area contributed by atoms with Gasteiger partial charge >= 0.3 is 0 Å². The minimum absolute atomic E-state index is 0.272. The topological polar surface area (TPSA) is 90.8 Å². The maximum absolute atomic E-state index is 11.1. The lowest BCUT2D eigenvalue weighted by Gasteiger charge is -2.00. The maximum Gasteiger partial charge on any atom is 0.285 e. The molecule has 0 spiro atoms. The zero-order valence-corrected chi connectivity index (χ0v) is 9.75. The van der Waals surface area contributed by atoms with Gasteiger partial charge in [-0.05, 0) is 22.0 Å². The number of nitrogens with two attached hydrogens (primary N) is 1. The lowest BCUT2D eigenvalue weighted by Crippen LogP contribution is -2.30. The predicted octanol–water partition coefficient (Wildman–Crippen LogP) is -0.0486. The Morgan fingerprint density at radius 2 is 2.38 bits per heavy atom. The van der Waals surface area contributed by atoms with Gasteiger partial charge in [0.1, 0.15) is 6.67 Å². The molecule has 0 unspecified atom stereocenters. The predicted molar refractivity (Wildman–Crippen MR) is 59.2 cm³/mol. The monoisotopic (exact) mass is 284 g/mol. The molecule has 0 aliphatic carbocycles. The van der Waals surface area contributed by atoms with E-state index in [1.807, 2.05) is 11.6 Å². The lowest BCUT2D eigenvalue weighted by atomic mass is 10.4. The average Bonchev–Trinajstić information content (AvgIpc) is 2.87. The van der Waals surface area contributed by atoms with E-state index in [4.69, 9.17) is 5.84 Å². The van der Waals surface area contributed by atoms with Crippen molar-refractivity contribution >= 4 is 21.8 Å². The van der Waals surface area contributed by atoms with Gasteiger partial charge in [-0.15, -0.1) is 0 Å². The Hall–Kier alpha value is -1.67. The number of nitrogen functional groups attached to an aromatic ring is 1. The fourth-order valence-corrected chi connectivity index (χ4v) is 1.53. The number of hydrogen-bond donors (Lipinski definition) is 2. The third kappa shape index (κ3) is 2.28. The van der Waals surface area contributed by atoms with Crippen LogP contribution in [0.1, 0.15) is 10.5 Å². The van der Waals surface area contributed by atoms with Crippen molar-refractivity contribution in [1.82, 2.24) is 25.0 Å². The molecule has 0 radical (unpaired) electrons. The summed E-state index contributed by atoms with van der Waals surface area (Å²) in [5.41, 5.74) is 2.29. The largest absolute Gasteiger partial charge is 0.289 e. The second-order valence-corrected chi connectivity index (χ2v) is 3.97. The summed E-state index contributed by atoms with van der Waals surface area (Å²) in [4.78, 5) is 11.1. The molecule has 0 aliphatic rings. The molecular weight excluding hydrogens is 276 g/mol. The molecule has 0 aliphatic heterocycles. The van der Waals surface area contributed by atoms with Crippen molar-refractivity contribution in [3.63, 3.8) is 0 Å². The van der Waals surface area contributed by atoms with Crippen LogP contribution in [-0.4, -0.2) is 25.5 Å². The highest BCUT2D eigenvalue weighted by Crippen LogP contribution is 2.06. The summed E-state index contributed by atoms with van der Waals surface area (Å²) >= 11 is 3.29. The summed E-state index contributed by atoms with van der Waals surface area (Å²) in [6, 6.07) is 1.58. The van der Waals surface area contributed by atoms with Gasteiger partial charge in [0.2, 0.25) is 0 Å². The smallest absolute Gasteiger partial charge is 0.285 e. The van der Waals surface area contributed by atoms with E-state index in [-0.39, 0.29) is 5.69 Å². The number of rotatable bonds is 3. The minimum atomic E-state index is -0.416. The summed E-state index contributed by atoms with van der Waals surface area (Å²) in [6.45, 7) is 0.434. The highest BCUT2D eigenvalue weighted by molar-refractivity contribution is 9.10. The summed E-state index contributed by atoms with van der Waals surface area (Å²) in [6.07, 6.45) is 5.17. The molecule has 2 aromatic rings. The van der Waals surface area contributed by atoms with Crippen LogP contribution in [0, 0.1) is 0 Å². The number of carbonyl (C=O) groups is 1. The summed E-state index contributed by atoms with van der Waals surface area (Å²) in [5, 5.41) is 8.10. The summed E-state index contributed by atoms with van der Waals surface area (Å²) in [5.74, 6) is 4.58. The van der Waals surface area contributed by atoms with E-state index < -0.39 is 5.91 Å². The first-order valence-corrected chi connectivity index (χ1v) is 5.20. The van der Waals surface area contributed by atoms with Gasteiger partial charge in [-0.2, -0.15) is 10.2 Å². The van der Waals surface area contributed by atoms with Crippen LogP contribution in [0.2, 0.25) is 0 Å². The van der Waals surface area contributed by atoms with E-state index in [0.717, 1.165) is 4.47 Å². The highest BCUT2D eigenvalue weighted by Gasteiger charge is 2.07. The molecule has 84 valence electrons. The fraction of sp³-hybridized carbons (Fsp3) is 0.125. The Kier molecular flexibility index (Phi) is 3.02. The van der Waals surface area contributed by atoms with Gasteiger partial charge in [0.05, 0.1) is 10.7 Å². The van der Waals surface area contributed by atoms with E-state index in [9.17, 15) is 4.79 Å². The highest BCUT2D eigenvalue weighted by atomic mass is 79.9. The van der Waals surface area contributed by atoms with Gasteiger partial charge in [0.25, 0.3) is 5.91 Å². The SMILES string of the molecule is NNC(=O)c1ccn(Cn2cc(Br)cn2)n1. The molecule has 0 saturated carbocycles. The van der Waals surface area contributed by atoms with Crippen LogP contribution in [0.5, 0.6) is 0 Å². The number of nitrogens with one attached hydrogen (secondary N) is 1. The molecule has 2 rings (SSSR count). The summed E-state index contributed by atoms with van der Waals surface area (Å²) < 4.78 is 4.16. The maximum atomic E-state index is 11.1. The van der Waals surface area contributed by atoms with Gasteiger partial charge in [-0.1, -0.05) is 0 Å². The zero-order valence-electron chi connectivity index (χ0n) is 8.17. The van der Waals surface area contributed by atoms with Crippen molar-refractivity contribution in [3.8, 4) is 0 Å². The Balaban J connectivity index is 2.11. The van der Waals surface area contributed by atoms with Crippen LogP contribution in [0.3, 0.4) is 0 Å². The molecule has 2 heterocycles. The third-order valence-corrected chi connectivity index (χ3v) is 2.31. The van der Waals surface area contributed by atoms with Gasteiger partial charge in [-0.25, -0.2) is 10.5 Å². The van der Waals surface area contributed by atoms with Crippen LogP contribution in [0.4, 0.5) is 0 Å². The number of hydrogen-bond acceptors (Lipinski definition) is 4. The molecule has 1 amide bonds. The van der Waals surface area contributed by atoms with E-state index in [1.165, 1.54) is 0 Å². The first kappa shape index (κ1) is 10.8. The van der Waals surface area contributed by atoms with Crippen LogP contribution >= 0.6 is 15.9 Å². The molecule has 3 N–H and O–H groups in total. The third-order valence-electron chi connectivity index (χ3n) is 1.90. The number of aromatic nitrogens is 4. The number of carbonyl (C=O) groups excluding carboxylic acids is 1. The Morgan fingerprint density at radius 3 is 3.00 bits per heavy atom. The Morgan fingerprint density at radius 1 is 1.56 bits per heavy atom.